The summed E-state index contributed by atoms with van der Waals surface area (Å²) in [6.45, 7) is 5.90. The molecule has 2 rings (SSSR count). The molecule has 100 valence electrons. The van der Waals surface area contributed by atoms with Gasteiger partial charge in [-0.15, -0.1) is 0 Å². The topological polar surface area (TPSA) is 41.9 Å². The molecule has 1 aliphatic rings. The third-order valence-electron chi connectivity index (χ3n) is 2.85. The van der Waals surface area contributed by atoms with E-state index in [0.29, 0.717) is 11.4 Å². The molecule has 0 aliphatic carbocycles. The Labute approximate surface area is 113 Å². The lowest BCUT2D eigenvalue weighted by molar-refractivity contribution is -0.129. The van der Waals surface area contributed by atoms with Gasteiger partial charge < -0.3 is 4.84 Å². The van der Waals surface area contributed by atoms with Gasteiger partial charge >= 0.3 is 0 Å². The normalized spacial score (nSPS) is 19.8. The van der Waals surface area contributed by atoms with Gasteiger partial charge in [-0.3, -0.25) is 9.69 Å². The molecule has 0 atom stereocenters. The minimum atomic E-state index is -0.303. The second kappa shape index (κ2) is 4.88. The van der Waals surface area contributed by atoms with Crippen molar-refractivity contribution >= 4 is 17.8 Å². The first-order valence-corrected chi connectivity index (χ1v) is 6.18. The van der Waals surface area contributed by atoms with Crippen molar-refractivity contribution < 1.29 is 9.63 Å². The summed E-state index contributed by atoms with van der Waals surface area (Å²) >= 11 is 0. The number of benzene rings is 1. The molecule has 0 unspecified atom stereocenters. The standard InChI is InChI=1S/C15H18N2O2/c1-15(2,3)17-13(16-19-4)12(14(17)18)10-11-8-6-5-7-9-11/h5-10H,1-4H3/b12-10+,16-13+. The maximum Gasteiger partial charge on any atom is 0.263 e. The van der Waals surface area contributed by atoms with E-state index in [2.05, 4.69) is 5.16 Å². The van der Waals surface area contributed by atoms with Gasteiger partial charge in [-0.2, -0.15) is 0 Å². The van der Waals surface area contributed by atoms with Crippen LogP contribution >= 0.6 is 0 Å². The van der Waals surface area contributed by atoms with E-state index in [1.807, 2.05) is 57.2 Å². The molecule has 1 aromatic rings. The van der Waals surface area contributed by atoms with Gasteiger partial charge in [-0.1, -0.05) is 35.5 Å². The van der Waals surface area contributed by atoms with Crippen LogP contribution in [0.2, 0.25) is 0 Å². The number of hydrogen-bond donors (Lipinski definition) is 0. The Kier molecular flexibility index (Phi) is 3.42. The summed E-state index contributed by atoms with van der Waals surface area (Å²) in [6, 6.07) is 9.71. The lowest BCUT2D eigenvalue weighted by atomic mass is 9.93. The van der Waals surface area contributed by atoms with Crippen LogP contribution in [-0.2, 0) is 9.63 Å². The zero-order valence-electron chi connectivity index (χ0n) is 11.7. The van der Waals surface area contributed by atoms with E-state index in [0.717, 1.165) is 5.56 Å². The SMILES string of the molecule is CO/N=C1\C(=C/c2ccccc2)C(=O)N1C(C)(C)C. The average Bonchev–Trinajstić information content (AvgIpc) is 2.35. The van der Waals surface area contributed by atoms with E-state index in [9.17, 15) is 4.79 Å². The quantitative estimate of drug-likeness (QED) is 0.465. The molecule has 0 bridgehead atoms. The van der Waals surface area contributed by atoms with Crippen LogP contribution in [0.4, 0.5) is 0 Å². The first-order valence-electron chi connectivity index (χ1n) is 6.18. The highest BCUT2D eigenvalue weighted by Crippen LogP contribution is 2.30. The summed E-state index contributed by atoms with van der Waals surface area (Å²) in [5, 5.41) is 3.96. The highest BCUT2D eigenvalue weighted by Gasteiger charge is 2.45. The highest BCUT2D eigenvalue weighted by molar-refractivity contribution is 6.38. The summed E-state index contributed by atoms with van der Waals surface area (Å²) in [5.74, 6) is 0.566. The Bertz CT molecular complexity index is 539. The number of nitrogens with zero attached hydrogens (tertiary/aromatic N) is 2. The number of hydrogen-bond acceptors (Lipinski definition) is 3. The zero-order valence-corrected chi connectivity index (χ0v) is 11.7. The number of β-lactam (4-membered cyclic amide) rings is 1. The van der Waals surface area contributed by atoms with Gasteiger partial charge in [0.05, 0.1) is 5.57 Å². The van der Waals surface area contributed by atoms with Gasteiger partial charge in [0, 0.05) is 5.54 Å². The van der Waals surface area contributed by atoms with E-state index >= 15 is 0 Å². The van der Waals surface area contributed by atoms with Gasteiger partial charge in [0.2, 0.25) is 0 Å². The molecule has 1 aromatic carbocycles. The number of carbonyl (C=O) groups excluding carboxylic acids is 1. The van der Waals surface area contributed by atoms with Crippen molar-refractivity contribution in [1.82, 2.24) is 4.90 Å². The van der Waals surface area contributed by atoms with E-state index in [-0.39, 0.29) is 11.4 Å². The number of amidine groups is 1. The molecular formula is C15H18N2O2. The summed E-state index contributed by atoms with van der Waals surface area (Å²) in [5.41, 5.74) is 1.26. The molecule has 0 aromatic heterocycles. The molecule has 1 amide bonds. The maximum absolute atomic E-state index is 12.2. The fraction of sp³-hybridized carbons (Fsp3) is 0.333. The molecule has 0 saturated carbocycles. The Balaban J connectivity index is 2.36. The van der Waals surface area contributed by atoms with E-state index in [1.54, 1.807) is 4.90 Å². The van der Waals surface area contributed by atoms with Crippen LogP contribution in [-0.4, -0.2) is 29.3 Å². The van der Waals surface area contributed by atoms with Crippen LogP contribution in [0.1, 0.15) is 26.3 Å². The zero-order chi connectivity index (χ0) is 14.0. The lowest BCUT2D eigenvalue weighted by Gasteiger charge is -2.43. The van der Waals surface area contributed by atoms with E-state index in [4.69, 9.17) is 4.84 Å². The van der Waals surface area contributed by atoms with E-state index < -0.39 is 0 Å². The Morgan fingerprint density at radius 2 is 1.84 bits per heavy atom. The van der Waals surface area contributed by atoms with Gasteiger partial charge in [0.1, 0.15) is 7.11 Å². The van der Waals surface area contributed by atoms with Crippen molar-refractivity contribution in [3.05, 3.63) is 41.5 Å². The van der Waals surface area contributed by atoms with Crippen molar-refractivity contribution in [3.8, 4) is 0 Å². The molecule has 0 N–H and O–H groups in total. The molecule has 4 nitrogen and oxygen atoms in total. The predicted octanol–water partition coefficient (Wildman–Crippen LogP) is 2.67. The van der Waals surface area contributed by atoms with Gasteiger partial charge in [0.25, 0.3) is 5.91 Å². The van der Waals surface area contributed by atoms with Gasteiger partial charge in [-0.25, -0.2) is 0 Å². The molecule has 19 heavy (non-hydrogen) atoms. The monoisotopic (exact) mass is 258 g/mol. The molecule has 1 fully saturated rings. The number of likely N-dealkylation sites (tertiary alicyclic amines) is 1. The minimum Gasteiger partial charge on any atom is -0.397 e. The second-order valence-corrected chi connectivity index (χ2v) is 5.38. The van der Waals surface area contributed by atoms with Crippen molar-refractivity contribution in [1.29, 1.82) is 0 Å². The molecule has 1 saturated heterocycles. The largest absolute Gasteiger partial charge is 0.397 e. The number of amides is 1. The minimum absolute atomic E-state index is 0.0212. The predicted molar refractivity (Wildman–Crippen MR) is 75.5 cm³/mol. The van der Waals surface area contributed by atoms with Crippen molar-refractivity contribution in [2.24, 2.45) is 5.16 Å². The summed E-state index contributed by atoms with van der Waals surface area (Å²) in [6.07, 6.45) is 1.84. The van der Waals surface area contributed by atoms with Crippen LogP contribution in [0.15, 0.2) is 41.1 Å². The first-order chi connectivity index (χ1) is 8.95. The van der Waals surface area contributed by atoms with Gasteiger partial charge in [-0.05, 0) is 32.4 Å². The molecule has 0 radical (unpaired) electrons. The fourth-order valence-corrected chi connectivity index (χ4v) is 2.02. The molecule has 1 heterocycles. The van der Waals surface area contributed by atoms with Crippen molar-refractivity contribution in [2.45, 2.75) is 26.3 Å². The van der Waals surface area contributed by atoms with Crippen LogP contribution in [0, 0.1) is 0 Å². The Morgan fingerprint density at radius 3 is 2.37 bits per heavy atom. The summed E-state index contributed by atoms with van der Waals surface area (Å²) < 4.78 is 0. The Morgan fingerprint density at radius 1 is 1.21 bits per heavy atom. The molecule has 0 spiro atoms. The molecule has 4 heteroatoms. The smallest absolute Gasteiger partial charge is 0.263 e. The number of rotatable bonds is 2. The van der Waals surface area contributed by atoms with Crippen molar-refractivity contribution in [2.75, 3.05) is 7.11 Å². The van der Waals surface area contributed by atoms with Gasteiger partial charge in [0.15, 0.2) is 5.84 Å². The van der Waals surface area contributed by atoms with Crippen molar-refractivity contribution in [3.63, 3.8) is 0 Å². The Hall–Kier alpha value is -2.10. The average molecular weight is 258 g/mol. The third kappa shape index (κ3) is 2.52. The fourth-order valence-electron chi connectivity index (χ4n) is 2.02. The van der Waals surface area contributed by atoms with Crippen LogP contribution in [0.25, 0.3) is 6.08 Å². The highest BCUT2D eigenvalue weighted by atomic mass is 16.6. The molecular weight excluding hydrogens is 240 g/mol. The number of carbonyl (C=O) groups is 1. The van der Waals surface area contributed by atoms with Crippen LogP contribution in [0.5, 0.6) is 0 Å². The van der Waals surface area contributed by atoms with Crippen LogP contribution < -0.4 is 0 Å². The summed E-state index contributed by atoms with van der Waals surface area (Å²) in [4.78, 5) is 18.7. The van der Waals surface area contributed by atoms with Crippen LogP contribution in [0.3, 0.4) is 0 Å². The number of oxime groups is 1. The second-order valence-electron chi connectivity index (χ2n) is 5.38. The lowest BCUT2D eigenvalue weighted by Crippen LogP contribution is -2.60. The maximum atomic E-state index is 12.2. The third-order valence-corrected chi connectivity index (χ3v) is 2.85. The van der Waals surface area contributed by atoms with E-state index in [1.165, 1.54) is 7.11 Å². The first kappa shape index (κ1) is 13.3. The summed E-state index contributed by atoms with van der Waals surface area (Å²) in [7, 11) is 1.48. The molecule has 1 aliphatic heterocycles.